The maximum Gasteiger partial charge on any atom is 0.254 e. The number of rotatable bonds is 3. The molecule has 2 heterocycles. The van der Waals surface area contributed by atoms with Gasteiger partial charge >= 0.3 is 0 Å². The molecule has 2 aromatic rings. The molecule has 1 aromatic carbocycles. The van der Waals surface area contributed by atoms with Gasteiger partial charge in [0.25, 0.3) is 5.56 Å². The van der Waals surface area contributed by atoms with Crippen molar-refractivity contribution in [2.24, 2.45) is 0 Å². The Balaban J connectivity index is 1.74. The largest absolute Gasteiger partial charge is 0.342 e. The van der Waals surface area contributed by atoms with Crippen molar-refractivity contribution in [2.75, 3.05) is 13.1 Å². The summed E-state index contributed by atoms with van der Waals surface area (Å²) >= 11 is 5.86. The third kappa shape index (κ3) is 4.03. The smallest absolute Gasteiger partial charge is 0.254 e. The highest BCUT2D eigenvalue weighted by atomic mass is 35.5. The van der Waals surface area contributed by atoms with Gasteiger partial charge in [-0.25, -0.2) is 4.98 Å². The third-order valence-corrected chi connectivity index (χ3v) is 4.54. The van der Waals surface area contributed by atoms with Crippen LogP contribution in [0.1, 0.15) is 31.2 Å². The van der Waals surface area contributed by atoms with Gasteiger partial charge in [0, 0.05) is 35.4 Å². The first-order chi connectivity index (χ1) is 11.6. The number of halogens is 1. The summed E-state index contributed by atoms with van der Waals surface area (Å²) in [5.74, 6) is 0.478. The topological polar surface area (TPSA) is 66.1 Å². The summed E-state index contributed by atoms with van der Waals surface area (Å²) in [6, 6.07) is 7.08. The number of carbonyl (C=O) groups is 1. The molecule has 0 aliphatic carbocycles. The predicted octanol–water partition coefficient (Wildman–Crippen LogP) is 3.04. The molecular weight excluding hydrogens is 326 g/mol. The van der Waals surface area contributed by atoms with Crippen LogP contribution in [0.5, 0.6) is 0 Å². The molecular formula is C18H20ClN3O2. The van der Waals surface area contributed by atoms with Gasteiger partial charge in [-0.15, -0.1) is 0 Å². The van der Waals surface area contributed by atoms with Crippen molar-refractivity contribution >= 4 is 17.5 Å². The van der Waals surface area contributed by atoms with Gasteiger partial charge in [0.2, 0.25) is 5.91 Å². The molecule has 1 fully saturated rings. The van der Waals surface area contributed by atoms with Crippen LogP contribution in [0, 0.1) is 0 Å². The van der Waals surface area contributed by atoms with E-state index in [-0.39, 0.29) is 17.9 Å². The second kappa shape index (κ2) is 7.62. The summed E-state index contributed by atoms with van der Waals surface area (Å²) in [6.07, 6.45) is 6.01. The number of likely N-dealkylation sites (tertiary alicyclic amines) is 1. The molecule has 5 nitrogen and oxygen atoms in total. The van der Waals surface area contributed by atoms with Crippen molar-refractivity contribution in [3.05, 3.63) is 51.4 Å². The maximum atomic E-state index is 12.4. The van der Waals surface area contributed by atoms with Crippen LogP contribution in [0.15, 0.2) is 35.3 Å². The van der Waals surface area contributed by atoms with Crippen molar-refractivity contribution in [3.63, 3.8) is 0 Å². The Morgan fingerprint density at radius 1 is 1.12 bits per heavy atom. The minimum absolute atomic E-state index is 0.00319. The van der Waals surface area contributed by atoms with E-state index in [0.717, 1.165) is 31.5 Å². The van der Waals surface area contributed by atoms with Gasteiger partial charge in [-0.3, -0.25) is 9.59 Å². The highest BCUT2D eigenvalue weighted by Crippen LogP contribution is 2.17. The Kier molecular flexibility index (Phi) is 5.30. The van der Waals surface area contributed by atoms with E-state index in [4.69, 9.17) is 11.6 Å². The van der Waals surface area contributed by atoms with Crippen molar-refractivity contribution < 1.29 is 4.79 Å². The predicted molar refractivity (Wildman–Crippen MR) is 94.1 cm³/mol. The molecule has 0 atom stereocenters. The van der Waals surface area contributed by atoms with Gasteiger partial charge in [-0.1, -0.05) is 24.4 Å². The fraction of sp³-hybridized carbons (Fsp3) is 0.389. The monoisotopic (exact) mass is 345 g/mol. The summed E-state index contributed by atoms with van der Waals surface area (Å²) < 4.78 is 0. The Labute approximate surface area is 145 Å². The van der Waals surface area contributed by atoms with Gasteiger partial charge < -0.3 is 9.88 Å². The zero-order valence-electron chi connectivity index (χ0n) is 13.4. The molecule has 0 unspecified atom stereocenters. The Hall–Kier alpha value is -2.14. The van der Waals surface area contributed by atoms with E-state index in [1.165, 1.54) is 19.0 Å². The molecule has 1 amide bonds. The van der Waals surface area contributed by atoms with Crippen LogP contribution >= 0.6 is 11.6 Å². The minimum Gasteiger partial charge on any atom is -0.342 e. The van der Waals surface area contributed by atoms with Gasteiger partial charge in [-0.05, 0) is 37.1 Å². The van der Waals surface area contributed by atoms with Gasteiger partial charge in [0.1, 0.15) is 5.82 Å². The van der Waals surface area contributed by atoms with E-state index in [0.29, 0.717) is 16.4 Å². The molecule has 0 bridgehead atoms. The number of carbonyl (C=O) groups excluding carboxylic acids is 1. The van der Waals surface area contributed by atoms with Gasteiger partial charge in [-0.2, -0.15) is 0 Å². The SMILES string of the molecule is O=C(Cc1cnc(-c2ccc(Cl)cc2)[nH]c1=O)N1CCCCCC1. The van der Waals surface area contributed by atoms with Crippen molar-refractivity contribution in [3.8, 4) is 11.4 Å². The van der Waals surface area contributed by atoms with Gasteiger partial charge in [0.15, 0.2) is 0 Å². The molecule has 6 heteroatoms. The molecule has 126 valence electrons. The van der Waals surface area contributed by atoms with E-state index < -0.39 is 0 Å². The molecule has 1 N–H and O–H groups in total. The molecule has 1 aliphatic heterocycles. The first kappa shape index (κ1) is 16.7. The second-order valence-electron chi connectivity index (χ2n) is 6.06. The Morgan fingerprint density at radius 3 is 2.42 bits per heavy atom. The maximum absolute atomic E-state index is 12.4. The summed E-state index contributed by atoms with van der Waals surface area (Å²) in [5, 5.41) is 0.626. The summed E-state index contributed by atoms with van der Waals surface area (Å²) in [4.78, 5) is 33.6. The zero-order chi connectivity index (χ0) is 16.9. The summed E-state index contributed by atoms with van der Waals surface area (Å²) in [5.41, 5.74) is 0.918. The van der Waals surface area contributed by atoms with E-state index in [1.54, 1.807) is 24.3 Å². The lowest BCUT2D eigenvalue weighted by Crippen LogP contribution is -2.34. The number of hydrogen-bond donors (Lipinski definition) is 1. The summed E-state index contributed by atoms with van der Waals surface area (Å²) in [6.45, 7) is 1.57. The highest BCUT2D eigenvalue weighted by molar-refractivity contribution is 6.30. The van der Waals surface area contributed by atoms with Crippen LogP contribution in [-0.2, 0) is 11.2 Å². The van der Waals surface area contributed by atoms with Crippen LogP contribution in [0.2, 0.25) is 5.02 Å². The average Bonchev–Trinajstić information content (AvgIpc) is 2.87. The minimum atomic E-state index is -0.266. The Morgan fingerprint density at radius 2 is 1.79 bits per heavy atom. The number of aromatic amines is 1. The third-order valence-electron chi connectivity index (χ3n) is 4.29. The number of amides is 1. The van der Waals surface area contributed by atoms with Crippen LogP contribution in [-0.4, -0.2) is 33.9 Å². The van der Waals surface area contributed by atoms with Crippen LogP contribution < -0.4 is 5.56 Å². The number of nitrogens with zero attached hydrogens (tertiary/aromatic N) is 2. The molecule has 1 aliphatic rings. The fourth-order valence-electron chi connectivity index (χ4n) is 2.90. The Bertz CT molecular complexity index is 763. The van der Waals surface area contributed by atoms with Crippen molar-refractivity contribution in [1.29, 1.82) is 0 Å². The average molecular weight is 346 g/mol. The lowest BCUT2D eigenvalue weighted by Gasteiger charge is -2.20. The van der Waals surface area contributed by atoms with Crippen molar-refractivity contribution in [1.82, 2.24) is 14.9 Å². The standard InChI is InChI=1S/C18H20ClN3O2/c19-15-7-5-13(6-8-15)17-20-12-14(18(24)21-17)11-16(23)22-9-3-1-2-4-10-22/h5-8,12H,1-4,9-11H2,(H,20,21,24). The molecule has 1 aromatic heterocycles. The quantitative estimate of drug-likeness (QED) is 0.929. The molecule has 3 rings (SSSR count). The first-order valence-electron chi connectivity index (χ1n) is 8.25. The lowest BCUT2D eigenvalue weighted by atomic mass is 10.2. The fourth-order valence-corrected chi connectivity index (χ4v) is 3.02. The lowest BCUT2D eigenvalue weighted by molar-refractivity contribution is -0.130. The number of hydrogen-bond acceptors (Lipinski definition) is 3. The number of nitrogens with one attached hydrogen (secondary N) is 1. The highest BCUT2D eigenvalue weighted by Gasteiger charge is 2.17. The zero-order valence-corrected chi connectivity index (χ0v) is 14.2. The first-order valence-corrected chi connectivity index (χ1v) is 8.63. The van der Waals surface area contributed by atoms with Crippen LogP contribution in [0.3, 0.4) is 0 Å². The van der Waals surface area contributed by atoms with Crippen molar-refractivity contribution in [2.45, 2.75) is 32.1 Å². The van der Waals surface area contributed by atoms with E-state index in [2.05, 4.69) is 9.97 Å². The second-order valence-corrected chi connectivity index (χ2v) is 6.50. The van der Waals surface area contributed by atoms with Gasteiger partial charge in [0.05, 0.1) is 6.42 Å². The van der Waals surface area contributed by atoms with Crippen LogP contribution in [0.4, 0.5) is 0 Å². The molecule has 0 saturated carbocycles. The molecule has 24 heavy (non-hydrogen) atoms. The number of aromatic nitrogens is 2. The van der Waals surface area contributed by atoms with E-state index in [9.17, 15) is 9.59 Å². The van der Waals surface area contributed by atoms with Crippen LogP contribution in [0.25, 0.3) is 11.4 Å². The molecule has 1 saturated heterocycles. The number of benzene rings is 1. The number of H-pyrrole nitrogens is 1. The molecule has 0 radical (unpaired) electrons. The summed E-state index contributed by atoms with van der Waals surface area (Å²) in [7, 11) is 0. The normalized spacial score (nSPS) is 15.1. The van der Waals surface area contributed by atoms with E-state index in [1.807, 2.05) is 4.90 Å². The van der Waals surface area contributed by atoms with E-state index >= 15 is 0 Å². The molecule has 0 spiro atoms.